The zero-order chi connectivity index (χ0) is 13.8. The van der Waals surface area contributed by atoms with Gasteiger partial charge in [0, 0.05) is 0 Å². The molecule has 1 aliphatic heterocycles. The predicted octanol–water partition coefficient (Wildman–Crippen LogP) is 0.245. The summed E-state index contributed by atoms with van der Waals surface area (Å²) in [4.78, 5) is 19.7. The maximum atomic E-state index is 12.0. The van der Waals surface area contributed by atoms with E-state index in [1.165, 1.54) is 18.7 Å². The van der Waals surface area contributed by atoms with Crippen LogP contribution in [0.3, 0.4) is 0 Å². The molecule has 3 rings (SSSR count). The van der Waals surface area contributed by atoms with Gasteiger partial charge in [0.15, 0.2) is 5.69 Å². The standard InChI is InChI=1S/C12H15N7O/c20-12(16-9-5-14-8-15-6-9)11-7-19(18-17-11)10-1-3-13-4-2-10/h5-8,10,13H,1-4H2,(H,16,20). The zero-order valence-electron chi connectivity index (χ0n) is 10.9. The summed E-state index contributed by atoms with van der Waals surface area (Å²) in [6.07, 6.45) is 8.15. The smallest absolute Gasteiger partial charge is 0.277 e. The number of nitrogens with zero attached hydrogens (tertiary/aromatic N) is 5. The van der Waals surface area contributed by atoms with E-state index in [1.54, 1.807) is 10.9 Å². The molecule has 2 N–H and O–H groups in total. The number of hydrogen-bond donors (Lipinski definition) is 2. The van der Waals surface area contributed by atoms with E-state index in [2.05, 4.69) is 30.9 Å². The van der Waals surface area contributed by atoms with Gasteiger partial charge >= 0.3 is 0 Å². The van der Waals surface area contributed by atoms with Crippen LogP contribution in [0.4, 0.5) is 5.69 Å². The van der Waals surface area contributed by atoms with Gasteiger partial charge in [-0.3, -0.25) is 4.79 Å². The predicted molar refractivity (Wildman–Crippen MR) is 71.1 cm³/mol. The first-order chi connectivity index (χ1) is 9.83. The monoisotopic (exact) mass is 273 g/mol. The topological polar surface area (TPSA) is 97.6 Å². The Morgan fingerprint density at radius 2 is 2.05 bits per heavy atom. The summed E-state index contributed by atoms with van der Waals surface area (Å²) in [6.45, 7) is 1.93. The van der Waals surface area contributed by atoms with Crippen LogP contribution in [0.15, 0.2) is 24.9 Å². The van der Waals surface area contributed by atoms with Gasteiger partial charge in [-0.25, -0.2) is 14.6 Å². The fourth-order valence-corrected chi connectivity index (χ4v) is 2.19. The van der Waals surface area contributed by atoms with Crippen LogP contribution < -0.4 is 10.6 Å². The number of aromatic nitrogens is 5. The molecular weight excluding hydrogens is 258 g/mol. The van der Waals surface area contributed by atoms with Crippen molar-refractivity contribution in [2.24, 2.45) is 0 Å². The molecular formula is C12H15N7O. The summed E-state index contributed by atoms with van der Waals surface area (Å²) in [5, 5.41) is 14.0. The lowest BCUT2D eigenvalue weighted by Gasteiger charge is -2.22. The van der Waals surface area contributed by atoms with Gasteiger partial charge in [-0.05, 0) is 25.9 Å². The molecule has 0 aromatic carbocycles. The van der Waals surface area contributed by atoms with Gasteiger partial charge in [-0.2, -0.15) is 0 Å². The van der Waals surface area contributed by atoms with Crippen LogP contribution in [-0.4, -0.2) is 44.0 Å². The van der Waals surface area contributed by atoms with Crippen molar-refractivity contribution in [1.29, 1.82) is 0 Å². The third kappa shape index (κ3) is 2.80. The van der Waals surface area contributed by atoms with Crippen molar-refractivity contribution in [2.75, 3.05) is 18.4 Å². The van der Waals surface area contributed by atoms with E-state index in [1.807, 2.05) is 0 Å². The summed E-state index contributed by atoms with van der Waals surface area (Å²) in [5.41, 5.74) is 0.835. The SMILES string of the molecule is O=C(Nc1cncnc1)c1cn(C2CCNCC2)nn1. The summed E-state index contributed by atoms with van der Waals surface area (Å²) in [6, 6.07) is 0.311. The summed E-state index contributed by atoms with van der Waals surface area (Å²) in [7, 11) is 0. The molecule has 0 spiro atoms. The first kappa shape index (κ1) is 12.7. The van der Waals surface area contributed by atoms with Gasteiger partial charge in [-0.1, -0.05) is 5.21 Å². The molecule has 2 aromatic rings. The second-order valence-corrected chi connectivity index (χ2v) is 4.65. The normalized spacial score (nSPS) is 16.0. The Balaban J connectivity index is 1.68. The first-order valence-corrected chi connectivity index (χ1v) is 6.52. The highest BCUT2D eigenvalue weighted by atomic mass is 16.2. The number of carbonyl (C=O) groups is 1. The molecule has 8 heteroatoms. The van der Waals surface area contributed by atoms with Crippen LogP contribution >= 0.6 is 0 Å². The molecule has 104 valence electrons. The largest absolute Gasteiger partial charge is 0.318 e. The van der Waals surface area contributed by atoms with Gasteiger partial charge in [0.25, 0.3) is 5.91 Å². The second-order valence-electron chi connectivity index (χ2n) is 4.65. The number of anilines is 1. The van der Waals surface area contributed by atoms with Crippen molar-refractivity contribution in [1.82, 2.24) is 30.3 Å². The van der Waals surface area contributed by atoms with Gasteiger partial charge in [0.05, 0.1) is 30.3 Å². The highest BCUT2D eigenvalue weighted by molar-refractivity contribution is 6.02. The van der Waals surface area contributed by atoms with Crippen molar-refractivity contribution in [2.45, 2.75) is 18.9 Å². The lowest BCUT2D eigenvalue weighted by molar-refractivity contribution is 0.102. The Bertz CT molecular complexity index is 577. The lowest BCUT2D eigenvalue weighted by Crippen LogP contribution is -2.29. The van der Waals surface area contributed by atoms with Crippen LogP contribution in [0.25, 0.3) is 0 Å². The fourth-order valence-electron chi connectivity index (χ4n) is 2.19. The Morgan fingerprint density at radius 1 is 1.30 bits per heavy atom. The molecule has 3 heterocycles. The molecule has 0 saturated carbocycles. The van der Waals surface area contributed by atoms with Gasteiger partial charge < -0.3 is 10.6 Å². The number of rotatable bonds is 3. The molecule has 1 aliphatic rings. The van der Waals surface area contributed by atoms with Crippen molar-refractivity contribution in [3.63, 3.8) is 0 Å². The minimum Gasteiger partial charge on any atom is -0.318 e. The minimum absolute atomic E-state index is 0.299. The molecule has 0 unspecified atom stereocenters. The molecule has 20 heavy (non-hydrogen) atoms. The Hall–Kier alpha value is -2.35. The Morgan fingerprint density at radius 3 is 2.80 bits per heavy atom. The molecule has 1 saturated heterocycles. The van der Waals surface area contributed by atoms with E-state index in [0.717, 1.165) is 25.9 Å². The quantitative estimate of drug-likeness (QED) is 0.831. The minimum atomic E-state index is -0.306. The van der Waals surface area contributed by atoms with Crippen LogP contribution in [0.5, 0.6) is 0 Å². The summed E-state index contributed by atoms with van der Waals surface area (Å²) < 4.78 is 1.78. The maximum absolute atomic E-state index is 12.0. The highest BCUT2D eigenvalue weighted by Gasteiger charge is 2.18. The molecule has 0 bridgehead atoms. The van der Waals surface area contributed by atoms with Gasteiger partial charge in [0.1, 0.15) is 6.33 Å². The van der Waals surface area contributed by atoms with Gasteiger partial charge in [0.2, 0.25) is 0 Å². The van der Waals surface area contributed by atoms with E-state index in [4.69, 9.17) is 0 Å². The molecule has 0 atom stereocenters. The van der Waals surface area contributed by atoms with Crippen molar-refractivity contribution in [3.8, 4) is 0 Å². The highest BCUT2D eigenvalue weighted by Crippen LogP contribution is 2.17. The molecule has 8 nitrogen and oxygen atoms in total. The molecule has 0 aliphatic carbocycles. The van der Waals surface area contributed by atoms with E-state index in [9.17, 15) is 4.79 Å². The molecule has 1 fully saturated rings. The number of nitrogens with one attached hydrogen (secondary N) is 2. The van der Waals surface area contributed by atoms with Crippen LogP contribution in [0, 0.1) is 0 Å². The Kier molecular flexibility index (Phi) is 3.64. The van der Waals surface area contributed by atoms with E-state index in [-0.39, 0.29) is 5.91 Å². The zero-order valence-corrected chi connectivity index (χ0v) is 10.9. The lowest BCUT2D eigenvalue weighted by atomic mass is 10.1. The van der Waals surface area contributed by atoms with Crippen LogP contribution in [0.2, 0.25) is 0 Å². The first-order valence-electron chi connectivity index (χ1n) is 6.52. The molecule has 1 amide bonds. The van der Waals surface area contributed by atoms with Crippen molar-refractivity contribution in [3.05, 3.63) is 30.6 Å². The third-order valence-corrected chi connectivity index (χ3v) is 3.24. The number of piperidine rings is 1. The second kappa shape index (κ2) is 5.74. The maximum Gasteiger partial charge on any atom is 0.277 e. The summed E-state index contributed by atoms with van der Waals surface area (Å²) in [5.74, 6) is -0.306. The summed E-state index contributed by atoms with van der Waals surface area (Å²) >= 11 is 0. The fraction of sp³-hybridized carbons (Fsp3) is 0.417. The van der Waals surface area contributed by atoms with E-state index < -0.39 is 0 Å². The molecule has 2 aromatic heterocycles. The number of hydrogen-bond acceptors (Lipinski definition) is 6. The van der Waals surface area contributed by atoms with Crippen LogP contribution in [-0.2, 0) is 0 Å². The van der Waals surface area contributed by atoms with E-state index >= 15 is 0 Å². The molecule has 0 radical (unpaired) electrons. The van der Waals surface area contributed by atoms with Crippen molar-refractivity contribution >= 4 is 11.6 Å². The third-order valence-electron chi connectivity index (χ3n) is 3.24. The Labute approximate surface area is 115 Å². The number of carbonyl (C=O) groups excluding carboxylic acids is 1. The number of amides is 1. The van der Waals surface area contributed by atoms with Crippen molar-refractivity contribution < 1.29 is 4.79 Å². The average molecular weight is 273 g/mol. The average Bonchev–Trinajstić information content (AvgIpc) is 2.99. The van der Waals surface area contributed by atoms with E-state index in [0.29, 0.717) is 17.4 Å². The van der Waals surface area contributed by atoms with Crippen LogP contribution in [0.1, 0.15) is 29.4 Å². The van der Waals surface area contributed by atoms with Gasteiger partial charge in [-0.15, -0.1) is 5.10 Å².